The molecule has 0 aliphatic carbocycles. The van der Waals surface area contributed by atoms with Crippen molar-refractivity contribution in [3.05, 3.63) is 60.9 Å². The maximum Gasteiger partial charge on any atom is 0.326 e. The first-order chi connectivity index (χ1) is 16.6. The number of ether oxygens (including phenoxy) is 3. The predicted octanol–water partition coefficient (Wildman–Crippen LogP) is 6.72. The Labute approximate surface area is 225 Å². The Bertz CT molecular complexity index is 1190. The monoisotopic (exact) mass is 601 g/mol. The van der Waals surface area contributed by atoms with Gasteiger partial charge in [0.1, 0.15) is 13.2 Å². The van der Waals surface area contributed by atoms with Crippen molar-refractivity contribution in [2.75, 3.05) is 13.2 Å². The smallest absolute Gasteiger partial charge is 0.326 e. The lowest BCUT2D eigenvalue weighted by molar-refractivity contribution is -0.149. The first kappa shape index (κ1) is 27.4. The Balaban J connectivity index is 1.82. The molecule has 2 amide bonds. The summed E-state index contributed by atoms with van der Waals surface area (Å²) in [6, 6.07) is 8.56. The van der Waals surface area contributed by atoms with Crippen LogP contribution in [0.25, 0.3) is 6.08 Å². The normalized spacial score (nSPS) is 14.7. The van der Waals surface area contributed by atoms with E-state index in [0.29, 0.717) is 38.2 Å². The third-order valence-electron chi connectivity index (χ3n) is 4.58. The fourth-order valence-corrected chi connectivity index (χ4v) is 4.77. The van der Waals surface area contributed by atoms with Crippen molar-refractivity contribution in [2.24, 2.45) is 0 Å². The Hall–Kier alpha value is -2.20. The molecular weight excluding hydrogens is 581 g/mol. The number of carbonyl (C=O) groups excluding carboxylic acids is 3. The van der Waals surface area contributed by atoms with Crippen molar-refractivity contribution in [3.8, 4) is 11.5 Å². The summed E-state index contributed by atoms with van der Waals surface area (Å²) in [7, 11) is 0. The molecule has 0 bridgehead atoms. The van der Waals surface area contributed by atoms with Crippen molar-refractivity contribution in [2.45, 2.75) is 33.5 Å². The summed E-state index contributed by atoms with van der Waals surface area (Å²) in [6.07, 6.45) is 1.22. The third kappa shape index (κ3) is 7.16. The summed E-state index contributed by atoms with van der Waals surface area (Å²) in [5, 5.41) is 0.476. The zero-order valence-corrected chi connectivity index (χ0v) is 23.0. The van der Waals surface area contributed by atoms with Crippen molar-refractivity contribution < 1.29 is 28.6 Å². The number of hydrogen-bond acceptors (Lipinski definition) is 7. The van der Waals surface area contributed by atoms with Gasteiger partial charge in [0.2, 0.25) is 0 Å². The highest BCUT2D eigenvalue weighted by Gasteiger charge is 2.37. The van der Waals surface area contributed by atoms with E-state index in [2.05, 4.69) is 15.9 Å². The number of hydrogen-bond donors (Lipinski definition) is 0. The van der Waals surface area contributed by atoms with E-state index in [0.717, 1.165) is 22.2 Å². The van der Waals surface area contributed by atoms with E-state index < -0.39 is 23.7 Å². The van der Waals surface area contributed by atoms with Crippen LogP contribution in [0, 0.1) is 0 Å². The number of imide groups is 1. The lowest BCUT2D eigenvalue weighted by atomic mass is 10.1. The molecule has 2 aromatic carbocycles. The number of benzene rings is 2. The number of esters is 1. The minimum absolute atomic E-state index is 0.178. The van der Waals surface area contributed by atoms with Crippen LogP contribution in [0.4, 0.5) is 4.79 Å². The molecule has 1 aliphatic rings. The second-order valence-electron chi connectivity index (χ2n) is 7.58. The van der Waals surface area contributed by atoms with Crippen molar-refractivity contribution in [3.63, 3.8) is 0 Å². The zero-order chi connectivity index (χ0) is 25.7. The molecular formula is C24H22BrCl2NO6S. The van der Waals surface area contributed by atoms with Crippen molar-refractivity contribution in [1.29, 1.82) is 0 Å². The average Bonchev–Trinajstić information content (AvgIpc) is 3.02. The van der Waals surface area contributed by atoms with Crippen LogP contribution in [-0.2, 0) is 20.9 Å². The van der Waals surface area contributed by atoms with E-state index in [1.807, 2.05) is 6.92 Å². The zero-order valence-electron chi connectivity index (χ0n) is 19.1. The van der Waals surface area contributed by atoms with Gasteiger partial charge in [-0.1, -0.05) is 45.2 Å². The Morgan fingerprint density at radius 3 is 2.51 bits per heavy atom. The fourth-order valence-electron chi connectivity index (χ4n) is 3.04. The van der Waals surface area contributed by atoms with Crippen LogP contribution >= 0.6 is 50.9 Å². The number of amides is 2. The summed E-state index contributed by atoms with van der Waals surface area (Å²) in [4.78, 5) is 38.1. The van der Waals surface area contributed by atoms with Gasteiger partial charge in [0.25, 0.3) is 11.1 Å². The molecule has 0 aromatic heterocycles. The maximum atomic E-state index is 12.8. The van der Waals surface area contributed by atoms with Gasteiger partial charge in [-0.05, 0) is 68.4 Å². The summed E-state index contributed by atoms with van der Waals surface area (Å²) < 4.78 is 17.3. The van der Waals surface area contributed by atoms with E-state index in [1.54, 1.807) is 50.3 Å². The van der Waals surface area contributed by atoms with Gasteiger partial charge in [-0.25, -0.2) is 0 Å². The second-order valence-corrected chi connectivity index (χ2v) is 10.3. The summed E-state index contributed by atoms with van der Waals surface area (Å²) >= 11 is 16.4. The summed E-state index contributed by atoms with van der Waals surface area (Å²) in [5.41, 5.74) is 1.35. The number of carbonyl (C=O) groups is 3. The quantitative estimate of drug-likeness (QED) is 0.233. The van der Waals surface area contributed by atoms with Gasteiger partial charge in [0.15, 0.2) is 11.5 Å². The van der Waals surface area contributed by atoms with Gasteiger partial charge >= 0.3 is 5.97 Å². The van der Waals surface area contributed by atoms with E-state index in [-0.39, 0.29) is 17.6 Å². The molecule has 2 aromatic rings. The minimum atomic E-state index is -0.648. The van der Waals surface area contributed by atoms with Gasteiger partial charge in [-0.3, -0.25) is 19.3 Å². The van der Waals surface area contributed by atoms with Crippen LogP contribution in [0.3, 0.4) is 0 Å². The topological polar surface area (TPSA) is 82.1 Å². The molecule has 186 valence electrons. The molecule has 1 aliphatic heterocycles. The molecule has 1 heterocycles. The summed E-state index contributed by atoms with van der Waals surface area (Å²) in [5.74, 6) is -0.299. The van der Waals surface area contributed by atoms with Gasteiger partial charge in [0, 0.05) is 20.1 Å². The first-order valence-electron chi connectivity index (χ1n) is 10.6. The standard InChI is InChI=1S/C24H22BrCl2NO6S/c1-4-32-19-7-15(8-21-23(30)28(24(31)35-21)11-22(29)34-13(2)3)17(25)10-20(19)33-12-14-5-6-16(26)9-18(14)27/h5-10,13H,4,11-12H2,1-3H3/b21-8+. The van der Waals surface area contributed by atoms with Gasteiger partial charge in [-0.2, -0.15) is 0 Å². The lowest BCUT2D eigenvalue weighted by Crippen LogP contribution is -2.35. The van der Waals surface area contributed by atoms with Crippen LogP contribution < -0.4 is 9.47 Å². The largest absolute Gasteiger partial charge is 0.490 e. The van der Waals surface area contributed by atoms with E-state index in [4.69, 9.17) is 37.4 Å². The number of halogens is 3. The Morgan fingerprint density at radius 2 is 1.86 bits per heavy atom. The van der Waals surface area contributed by atoms with Crippen LogP contribution in [-0.4, -0.2) is 41.3 Å². The second kappa shape index (κ2) is 12.2. The van der Waals surface area contributed by atoms with Crippen LogP contribution in [0.2, 0.25) is 10.0 Å². The molecule has 3 rings (SSSR count). The molecule has 0 radical (unpaired) electrons. The van der Waals surface area contributed by atoms with Crippen LogP contribution in [0.1, 0.15) is 31.9 Å². The fraction of sp³-hybridized carbons (Fsp3) is 0.292. The summed E-state index contributed by atoms with van der Waals surface area (Å²) in [6.45, 7) is 5.35. The molecule has 1 fully saturated rings. The molecule has 7 nitrogen and oxygen atoms in total. The molecule has 0 N–H and O–H groups in total. The Kier molecular flexibility index (Phi) is 9.52. The molecule has 0 spiro atoms. The molecule has 0 unspecified atom stereocenters. The highest BCUT2D eigenvalue weighted by Crippen LogP contribution is 2.38. The van der Waals surface area contributed by atoms with Crippen molar-refractivity contribution >= 4 is 74.1 Å². The van der Waals surface area contributed by atoms with Crippen molar-refractivity contribution in [1.82, 2.24) is 4.90 Å². The first-order valence-corrected chi connectivity index (χ1v) is 12.9. The van der Waals surface area contributed by atoms with E-state index in [9.17, 15) is 14.4 Å². The highest BCUT2D eigenvalue weighted by atomic mass is 79.9. The predicted molar refractivity (Wildman–Crippen MR) is 140 cm³/mol. The molecule has 1 saturated heterocycles. The van der Waals surface area contributed by atoms with Gasteiger partial charge in [0.05, 0.1) is 17.6 Å². The highest BCUT2D eigenvalue weighted by molar-refractivity contribution is 9.10. The minimum Gasteiger partial charge on any atom is -0.490 e. The van der Waals surface area contributed by atoms with Gasteiger partial charge < -0.3 is 14.2 Å². The SMILES string of the molecule is CCOc1cc(/C=C2/SC(=O)N(CC(=O)OC(C)C)C2=O)c(Br)cc1OCc1ccc(Cl)cc1Cl. The van der Waals surface area contributed by atoms with E-state index >= 15 is 0 Å². The van der Waals surface area contributed by atoms with Gasteiger partial charge in [-0.15, -0.1) is 0 Å². The van der Waals surface area contributed by atoms with Crippen LogP contribution in [0.15, 0.2) is 39.7 Å². The lowest BCUT2D eigenvalue weighted by Gasteiger charge is -2.15. The van der Waals surface area contributed by atoms with E-state index in [1.165, 1.54) is 0 Å². The molecule has 35 heavy (non-hydrogen) atoms. The number of rotatable bonds is 9. The third-order valence-corrected chi connectivity index (χ3v) is 6.76. The molecule has 0 saturated carbocycles. The number of thioether (sulfide) groups is 1. The maximum absolute atomic E-state index is 12.8. The number of nitrogens with zero attached hydrogens (tertiary/aromatic N) is 1. The average molecular weight is 603 g/mol. The van der Waals surface area contributed by atoms with Crippen LogP contribution in [0.5, 0.6) is 11.5 Å². The molecule has 0 atom stereocenters. The molecule has 11 heteroatoms. The Morgan fingerprint density at radius 1 is 1.14 bits per heavy atom.